The molecule has 0 N–H and O–H groups in total. The Hall–Kier alpha value is -4.98. The van der Waals surface area contributed by atoms with E-state index in [1.54, 1.807) is 0 Å². The maximum absolute atomic E-state index is 5.86. The van der Waals surface area contributed by atoms with Crippen LogP contribution in [0.25, 0.3) is 33.4 Å². The Morgan fingerprint density at radius 2 is 0.926 bits per heavy atom. The number of aryl methyl sites for hydroxylation is 2. The predicted octanol–water partition coefficient (Wildman–Crippen LogP) is 11.2. The van der Waals surface area contributed by atoms with Gasteiger partial charge in [-0.3, -0.25) is 0 Å². The van der Waals surface area contributed by atoms with Crippen LogP contribution in [0.5, 0.6) is 0 Å². The summed E-state index contributed by atoms with van der Waals surface area (Å²) in [6.45, 7) is 13.9. The Bertz CT molecular complexity index is 2860. The molecule has 340 valence electrons. The topological polar surface area (TPSA) is 0 Å². The van der Waals surface area contributed by atoms with Crippen molar-refractivity contribution in [3.63, 3.8) is 0 Å². The van der Waals surface area contributed by atoms with Crippen molar-refractivity contribution in [2.45, 2.75) is 58.8 Å². The van der Waals surface area contributed by atoms with E-state index in [-0.39, 0.29) is 35.6 Å². The Kier molecular flexibility index (Phi) is 17.8. The zero-order valence-corrected chi connectivity index (χ0v) is 44.8. The largest absolute Gasteiger partial charge is 1.00 e. The van der Waals surface area contributed by atoms with Crippen molar-refractivity contribution in [2.75, 3.05) is 0 Å². The number of fused-ring (bicyclic) bond motifs is 3. The van der Waals surface area contributed by atoms with E-state index >= 15 is 0 Å². The first kappa shape index (κ1) is 52.4. The molecule has 0 bridgehead atoms. The average Bonchev–Trinajstić information content (AvgIpc) is 4.04. The quantitative estimate of drug-likeness (QED) is 0.133. The Labute approximate surface area is 442 Å². The molecule has 0 heterocycles. The van der Waals surface area contributed by atoms with Gasteiger partial charge in [-0.2, -0.15) is 18.2 Å². The van der Waals surface area contributed by atoms with Crippen LogP contribution in [0.15, 0.2) is 206 Å². The molecule has 0 aromatic heterocycles. The number of benzene rings is 8. The van der Waals surface area contributed by atoms with Gasteiger partial charge in [-0.15, -0.1) is 28.8 Å². The molecule has 0 radical (unpaired) electrons. The molecule has 9 aromatic rings. The van der Waals surface area contributed by atoms with E-state index in [2.05, 4.69) is 175 Å². The molecule has 0 amide bonds. The summed E-state index contributed by atoms with van der Waals surface area (Å²) in [6, 6.07) is 76.9. The van der Waals surface area contributed by atoms with E-state index < -0.39 is 0 Å². The van der Waals surface area contributed by atoms with Gasteiger partial charge in [0.1, 0.15) is 0 Å². The van der Waals surface area contributed by atoms with Crippen LogP contribution in [-0.4, -0.2) is 3.21 Å². The van der Waals surface area contributed by atoms with E-state index in [0.29, 0.717) is 0 Å². The van der Waals surface area contributed by atoms with Gasteiger partial charge in [0, 0.05) is 5.41 Å². The van der Waals surface area contributed by atoms with Gasteiger partial charge in [-0.05, 0) is 64.6 Å². The summed E-state index contributed by atoms with van der Waals surface area (Å²) >= 11 is 13.1. The van der Waals surface area contributed by atoms with Crippen molar-refractivity contribution < 1.29 is 49.0 Å². The molecule has 0 aliphatic heterocycles. The zero-order valence-electron chi connectivity index (χ0n) is 39.3. The number of halogens is 4. The van der Waals surface area contributed by atoms with Crippen molar-refractivity contribution in [3.8, 4) is 33.4 Å². The fourth-order valence-electron chi connectivity index (χ4n) is 9.12. The molecule has 0 unspecified atom stereocenters. The number of hydrogen-bond donors (Lipinski definition) is 0. The maximum atomic E-state index is 5.86. The fourth-order valence-corrected chi connectivity index (χ4v) is 10.2. The van der Waals surface area contributed by atoms with E-state index in [0.717, 1.165) is 16.5 Å². The third-order valence-electron chi connectivity index (χ3n) is 13.1. The monoisotopic (exact) mass is 1040 g/mol. The van der Waals surface area contributed by atoms with E-state index in [4.69, 9.17) is 23.2 Å². The molecule has 10 rings (SSSR count). The Balaban J connectivity index is 0.000000274. The molecular weight excluding hydrogens is 990 g/mol. The fraction of sp³-hybridized carbons (Fsp3) is 0.143. The summed E-state index contributed by atoms with van der Waals surface area (Å²) in [5, 5.41) is 1.53. The predicted molar refractivity (Wildman–Crippen MR) is 279 cm³/mol. The molecule has 0 fully saturated rings. The second kappa shape index (κ2) is 23.1. The minimum atomic E-state index is -0.208. The van der Waals surface area contributed by atoms with Gasteiger partial charge >= 0.3 is 120 Å². The molecule has 0 saturated carbocycles. The second-order valence-electron chi connectivity index (χ2n) is 18.1. The van der Waals surface area contributed by atoms with Crippen LogP contribution in [0.3, 0.4) is 0 Å². The molecule has 9 aromatic carbocycles. The minimum absolute atomic E-state index is 0. The SMILES string of the molecule is Cc1ccccc1-c1[c-]c2c(cc1C(C)(C)c1ccccc1)-c1cc(C(C)(C)c3ccccc3)c(-c3ccccc3C)cc1C2.Clc1ccc([C](=[Zr+2])c2ccc(Cl)cc2)cc1.[Cl-].[Cl-].c1cc[cH-]c1. The second-order valence-corrected chi connectivity index (χ2v) is 20.2. The third-order valence-corrected chi connectivity index (χ3v) is 15.0. The van der Waals surface area contributed by atoms with Crippen molar-refractivity contribution in [2.24, 2.45) is 0 Å². The van der Waals surface area contributed by atoms with Gasteiger partial charge in [-0.1, -0.05) is 171 Å². The van der Waals surface area contributed by atoms with Crippen LogP contribution in [0, 0.1) is 19.9 Å². The van der Waals surface area contributed by atoms with Gasteiger partial charge < -0.3 is 24.8 Å². The molecule has 0 atom stereocenters. The van der Waals surface area contributed by atoms with Gasteiger partial charge in [0.05, 0.1) is 0 Å². The summed E-state index contributed by atoms with van der Waals surface area (Å²) in [5.74, 6) is 0. The molecular formula is C63H54Cl4Zr-2. The minimum Gasteiger partial charge on any atom is -1.00 e. The summed E-state index contributed by atoms with van der Waals surface area (Å²) in [7, 11) is 0. The van der Waals surface area contributed by atoms with Crippen LogP contribution in [0.1, 0.15) is 83.3 Å². The molecule has 5 heteroatoms. The van der Waals surface area contributed by atoms with Crippen molar-refractivity contribution in [1.82, 2.24) is 0 Å². The van der Waals surface area contributed by atoms with Crippen LogP contribution >= 0.6 is 23.2 Å². The molecule has 0 spiro atoms. The van der Waals surface area contributed by atoms with Crippen molar-refractivity contribution in [3.05, 3.63) is 278 Å². The standard InChI is InChI=1S/C45H41.C13H8Cl2.C5H5.2ClH.Zr/c1-30-17-13-15-23-36(30)40-26-32-25-33-27-41(37-24-16-14-18-31(37)2)43(45(5,6)35-21-11-8-12-22-35)29-39(33)38(32)28-42(40)44(3,4)34-19-9-7-10-20-34;14-12-5-1-10(2-6-12)9-11-3-7-13(15)8-4-11;1-2-4-5-3-1;;;/h7-24,26,28-29H,25H2,1-6H3;1-8H;1-5H;2*1H;/q-1;;-1;;;+2/p-2. The summed E-state index contributed by atoms with van der Waals surface area (Å²) < 4.78 is 1.31. The first-order chi connectivity index (χ1) is 31.8. The van der Waals surface area contributed by atoms with E-state index in [1.807, 2.05) is 78.9 Å². The molecule has 1 aliphatic carbocycles. The summed E-state index contributed by atoms with van der Waals surface area (Å²) in [6.07, 6.45) is 0.889. The van der Waals surface area contributed by atoms with E-state index in [1.165, 1.54) is 116 Å². The molecule has 68 heavy (non-hydrogen) atoms. The normalized spacial score (nSPS) is 11.3. The average molecular weight is 1040 g/mol. The van der Waals surface area contributed by atoms with E-state index in [9.17, 15) is 0 Å². The van der Waals surface area contributed by atoms with Gasteiger partial charge in [0.15, 0.2) is 0 Å². The molecule has 0 saturated heterocycles. The van der Waals surface area contributed by atoms with Gasteiger partial charge in [0.2, 0.25) is 0 Å². The first-order valence-electron chi connectivity index (χ1n) is 22.6. The van der Waals surface area contributed by atoms with Gasteiger partial charge in [0.25, 0.3) is 0 Å². The van der Waals surface area contributed by atoms with Crippen molar-refractivity contribution >= 4 is 26.4 Å². The van der Waals surface area contributed by atoms with Crippen LogP contribution in [-0.2, 0) is 41.5 Å². The Morgan fingerprint density at radius 1 is 0.485 bits per heavy atom. The zero-order chi connectivity index (χ0) is 46.4. The van der Waals surface area contributed by atoms with Crippen LogP contribution < -0.4 is 24.8 Å². The number of hydrogen-bond acceptors (Lipinski definition) is 0. The number of rotatable bonds is 8. The van der Waals surface area contributed by atoms with Crippen LogP contribution in [0.4, 0.5) is 0 Å². The third kappa shape index (κ3) is 11.5. The van der Waals surface area contributed by atoms with Gasteiger partial charge in [-0.25, -0.2) is 12.1 Å². The summed E-state index contributed by atoms with van der Waals surface area (Å²) in [4.78, 5) is 0. The van der Waals surface area contributed by atoms with Crippen molar-refractivity contribution in [1.29, 1.82) is 0 Å². The molecule has 0 nitrogen and oxygen atoms in total. The van der Waals surface area contributed by atoms with Crippen LogP contribution in [0.2, 0.25) is 10.0 Å². The Morgan fingerprint density at radius 3 is 1.40 bits per heavy atom. The summed E-state index contributed by atoms with van der Waals surface area (Å²) in [5.41, 5.74) is 20.4. The maximum Gasteiger partial charge on any atom is -0.172 e. The smallest absolute Gasteiger partial charge is 0.172 e. The molecule has 1 aliphatic rings. The first-order valence-corrected chi connectivity index (χ1v) is 24.6.